The first-order valence-electron chi connectivity index (χ1n) is 7.61. The van der Waals surface area contributed by atoms with Crippen molar-refractivity contribution < 1.29 is 14.3 Å². The number of rotatable bonds is 5. The van der Waals surface area contributed by atoms with Crippen molar-refractivity contribution in [3.63, 3.8) is 0 Å². The van der Waals surface area contributed by atoms with Crippen LogP contribution in [-0.4, -0.2) is 36.5 Å². The smallest absolute Gasteiger partial charge is 0.348 e. The highest BCUT2D eigenvalue weighted by Gasteiger charge is 2.22. The molecule has 116 valence electrons. The molecular weight excluding hydrogens is 286 g/mol. The molecule has 1 atom stereocenters. The number of hydrogen-bond acceptors (Lipinski definition) is 4. The highest BCUT2D eigenvalue weighted by Crippen LogP contribution is 2.32. The number of nitrogens with zero attached hydrogens (tertiary/aromatic N) is 1. The molecular formula is C16H23NO3S. The molecule has 1 aliphatic carbocycles. The SMILES string of the molecule is CCN(CC)C(=O)COC(=O)c1cc2c(s1)CC[C@@H](C)C2. The van der Waals surface area contributed by atoms with Gasteiger partial charge in [0.1, 0.15) is 4.88 Å². The Morgan fingerprint density at radius 3 is 2.76 bits per heavy atom. The van der Waals surface area contributed by atoms with E-state index in [1.807, 2.05) is 19.9 Å². The fourth-order valence-electron chi connectivity index (χ4n) is 2.67. The summed E-state index contributed by atoms with van der Waals surface area (Å²) in [5.74, 6) is 0.172. The molecule has 0 aromatic carbocycles. The van der Waals surface area contributed by atoms with Crippen LogP contribution in [-0.2, 0) is 22.4 Å². The van der Waals surface area contributed by atoms with Crippen LogP contribution in [0.5, 0.6) is 0 Å². The van der Waals surface area contributed by atoms with Gasteiger partial charge in [-0.15, -0.1) is 11.3 Å². The maximum atomic E-state index is 12.1. The molecule has 0 aliphatic heterocycles. The van der Waals surface area contributed by atoms with Crippen molar-refractivity contribution in [1.82, 2.24) is 4.90 Å². The molecule has 0 saturated carbocycles. The molecule has 1 aromatic rings. The van der Waals surface area contributed by atoms with Gasteiger partial charge in [-0.2, -0.15) is 0 Å². The number of carbonyl (C=O) groups excluding carboxylic acids is 2. The second-order valence-corrected chi connectivity index (χ2v) is 6.69. The first-order valence-corrected chi connectivity index (χ1v) is 8.43. The standard InChI is InChI=1S/C16H23NO3S/c1-4-17(5-2)15(18)10-20-16(19)14-9-12-8-11(3)6-7-13(12)21-14/h9,11H,4-8,10H2,1-3H3/t11-/m1/s1. The number of aryl methyl sites for hydroxylation is 1. The lowest BCUT2D eigenvalue weighted by Crippen LogP contribution is -2.34. The molecule has 21 heavy (non-hydrogen) atoms. The van der Waals surface area contributed by atoms with E-state index in [1.54, 1.807) is 4.90 Å². The molecule has 0 saturated heterocycles. The second kappa shape index (κ2) is 7.07. The third-order valence-electron chi connectivity index (χ3n) is 3.97. The van der Waals surface area contributed by atoms with Gasteiger partial charge in [0.25, 0.3) is 5.91 Å². The summed E-state index contributed by atoms with van der Waals surface area (Å²) in [5, 5.41) is 0. The molecule has 1 amide bonds. The summed E-state index contributed by atoms with van der Waals surface area (Å²) in [7, 11) is 0. The second-order valence-electron chi connectivity index (χ2n) is 5.55. The fraction of sp³-hybridized carbons (Fsp3) is 0.625. The zero-order valence-electron chi connectivity index (χ0n) is 13.0. The summed E-state index contributed by atoms with van der Waals surface area (Å²) in [5.41, 5.74) is 1.28. The van der Waals surface area contributed by atoms with E-state index < -0.39 is 0 Å². The average Bonchev–Trinajstić information content (AvgIpc) is 2.89. The van der Waals surface area contributed by atoms with Crippen LogP contribution in [0, 0.1) is 5.92 Å². The van der Waals surface area contributed by atoms with E-state index in [1.165, 1.54) is 28.2 Å². The Labute approximate surface area is 130 Å². The van der Waals surface area contributed by atoms with E-state index in [0.717, 1.165) is 12.8 Å². The van der Waals surface area contributed by atoms with Crippen molar-refractivity contribution in [2.75, 3.05) is 19.7 Å². The van der Waals surface area contributed by atoms with Crippen molar-refractivity contribution in [1.29, 1.82) is 0 Å². The summed E-state index contributed by atoms with van der Waals surface area (Å²) in [6.45, 7) is 7.17. The van der Waals surface area contributed by atoms with Crippen LogP contribution in [0.3, 0.4) is 0 Å². The summed E-state index contributed by atoms with van der Waals surface area (Å²) in [4.78, 5) is 27.5. The summed E-state index contributed by atoms with van der Waals surface area (Å²) >= 11 is 1.52. The van der Waals surface area contributed by atoms with Gasteiger partial charge in [0.05, 0.1) is 0 Å². The molecule has 1 aromatic heterocycles. The summed E-state index contributed by atoms with van der Waals surface area (Å²) < 4.78 is 5.16. The van der Waals surface area contributed by atoms with Crippen molar-refractivity contribution in [3.05, 3.63) is 21.4 Å². The van der Waals surface area contributed by atoms with Crippen molar-refractivity contribution in [3.8, 4) is 0 Å². The lowest BCUT2D eigenvalue weighted by Gasteiger charge is -2.17. The van der Waals surface area contributed by atoms with Crippen molar-refractivity contribution in [2.24, 2.45) is 5.92 Å². The van der Waals surface area contributed by atoms with Crippen LogP contribution in [0.1, 0.15) is 47.3 Å². The molecule has 0 radical (unpaired) electrons. The largest absolute Gasteiger partial charge is 0.451 e. The summed E-state index contributed by atoms with van der Waals surface area (Å²) in [6.07, 6.45) is 3.27. The van der Waals surface area contributed by atoms with Gasteiger partial charge in [-0.05, 0) is 50.7 Å². The number of amides is 1. The van der Waals surface area contributed by atoms with Gasteiger partial charge in [-0.1, -0.05) is 6.92 Å². The van der Waals surface area contributed by atoms with E-state index in [2.05, 4.69) is 6.92 Å². The molecule has 1 heterocycles. The maximum Gasteiger partial charge on any atom is 0.348 e. The lowest BCUT2D eigenvalue weighted by molar-refractivity contribution is -0.134. The van der Waals surface area contributed by atoms with Crippen molar-refractivity contribution in [2.45, 2.75) is 40.0 Å². The predicted molar refractivity (Wildman–Crippen MR) is 83.7 cm³/mol. The number of hydrogen-bond donors (Lipinski definition) is 0. The van der Waals surface area contributed by atoms with Crippen LogP contribution < -0.4 is 0 Å². The van der Waals surface area contributed by atoms with Crippen LogP contribution in [0.15, 0.2) is 6.07 Å². The molecule has 5 heteroatoms. The minimum atomic E-state index is -0.373. The topological polar surface area (TPSA) is 46.6 Å². The number of likely N-dealkylation sites (N-methyl/N-ethyl adjacent to an activating group) is 1. The highest BCUT2D eigenvalue weighted by molar-refractivity contribution is 7.14. The van der Waals surface area contributed by atoms with Gasteiger partial charge < -0.3 is 9.64 Å². The monoisotopic (exact) mass is 309 g/mol. The minimum Gasteiger partial charge on any atom is -0.451 e. The van der Waals surface area contributed by atoms with Gasteiger partial charge >= 0.3 is 5.97 Å². The summed E-state index contributed by atoms with van der Waals surface area (Å²) in [6, 6.07) is 1.94. The number of thiophene rings is 1. The van der Waals surface area contributed by atoms with E-state index >= 15 is 0 Å². The highest BCUT2D eigenvalue weighted by atomic mass is 32.1. The molecule has 0 N–H and O–H groups in total. The quantitative estimate of drug-likeness (QED) is 0.786. The van der Waals surface area contributed by atoms with Gasteiger partial charge in [-0.3, -0.25) is 4.79 Å². The van der Waals surface area contributed by atoms with Gasteiger partial charge in [0.15, 0.2) is 6.61 Å². The van der Waals surface area contributed by atoms with Gasteiger partial charge in [-0.25, -0.2) is 4.79 Å². The van der Waals surface area contributed by atoms with E-state index in [4.69, 9.17) is 4.74 Å². The number of fused-ring (bicyclic) bond motifs is 1. The number of esters is 1. The molecule has 0 unspecified atom stereocenters. The van der Waals surface area contributed by atoms with Crippen LogP contribution in [0.2, 0.25) is 0 Å². The van der Waals surface area contributed by atoms with Crippen LogP contribution >= 0.6 is 11.3 Å². The predicted octanol–water partition coefficient (Wildman–Crippen LogP) is 2.90. The molecule has 4 nitrogen and oxygen atoms in total. The number of ether oxygens (including phenoxy) is 1. The van der Waals surface area contributed by atoms with Gasteiger partial charge in [0.2, 0.25) is 0 Å². The van der Waals surface area contributed by atoms with Gasteiger partial charge in [0, 0.05) is 18.0 Å². The Hall–Kier alpha value is -1.36. The fourth-order valence-corrected chi connectivity index (χ4v) is 3.77. The Kier molecular flexibility index (Phi) is 5.39. The van der Waals surface area contributed by atoms with Crippen LogP contribution in [0.25, 0.3) is 0 Å². The molecule has 1 aliphatic rings. The third-order valence-corrected chi connectivity index (χ3v) is 5.19. The Balaban J connectivity index is 1.94. The zero-order chi connectivity index (χ0) is 15.4. The maximum absolute atomic E-state index is 12.1. The zero-order valence-corrected chi connectivity index (χ0v) is 13.8. The molecule has 0 fully saturated rings. The normalized spacial score (nSPS) is 17.2. The Morgan fingerprint density at radius 2 is 2.10 bits per heavy atom. The molecule has 2 rings (SSSR count). The van der Waals surface area contributed by atoms with E-state index in [-0.39, 0.29) is 18.5 Å². The average molecular weight is 309 g/mol. The number of carbonyl (C=O) groups is 2. The molecule has 0 bridgehead atoms. The van der Waals surface area contributed by atoms with E-state index in [0.29, 0.717) is 23.9 Å². The third kappa shape index (κ3) is 3.84. The lowest BCUT2D eigenvalue weighted by atomic mass is 9.90. The van der Waals surface area contributed by atoms with Crippen LogP contribution in [0.4, 0.5) is 0 Å². The Bertz CT molecular complexity index is 520. The first-order chi connectivity index (χ1) is 10.0. The minimum absolute atomic E-state index is 0.136. The first kappa shape index (κ1) is 16.0. The Morgan fingerprint density at radius 1 is 1.38 bits per heavy atom. The van der Waals surface area contributed by atoms with E-state index in [9.17, 15) is 9.59 Å². The molecule has 0 spiro atoms. The van der Waals surface area contributed by atoms with Crippen molar-refractivity contribution >= 4 is 23.2 Å².